The average molecular weight is 341 g/mol. The minimum Gasteiger partial charge on any atom is -0.317 e. The number of pyridine rings is 1. The van der Waals surface area contributed by atoms with E-state index in [1.165, 1.54) is 11.8 Å². The van der Waals surface area contributed by atoms with Gasteiger partial charge in [0.05, 0.1) is 0 Å². The standard InChI is InChI=1S/C9H14N2O6P2S/c12-18(13,14)9(19(15,16)17)11-4-1-7-20-8-2-5-10-6-3-8/h2-3,5-6,12-14H,1,4,7H2,(H-,15,16,17)/p+1. The Morgan fingerprint density at radius 1 is 1.30 bits per heavy atom. The zero-order valence-electron chi connectivity index (χ0n) is 10.3. The maximum atomic E-state index is 11.0. The summed E-state index contributed by atoms with van der Waals surface area (Å²) in [6, 6.07) is 3.64. The van der Waals surface area contributed by atoms with Gasteiger partial charge in [0, 0.05) is 23.8 Å². The van der Waals surface area contributed by atoms with Crippen LogP contribution in [0.15, 0.2) is 34.4 Å². The van der Waals surface area contributed by atoms with Crippen molar-refractivity contribution in [2.75, 3.05) is 12.3 Å². The van der Waals surface area contributed by atoms with Crippen molar-refractivity contribution in [2.45, 2.75) is 11.3 Å². The Balaban J connectivity index is 2.48. The number of thioether (sulfide) groups is 1. The van der Waals surface area contributed by atoms with Crippen LogP contribution in [-0.2, 0) is 4.57 Å². The van der Waals surface area contributed by atoms with Crippen LogP contribution in [-0.4, -0.2) is 46.9 Å². The van der Waals surface area contributed by atoms with Crippen LogP contribution in [0.5, 0.6) is 0 Å². The molecule has 0 aliphatic heterocycles. The summed E-state index contributed by atoms with van der Waals surface area (Å²) in [4.78, 5) is 52.8. The highest BCUT2D eigenvalue weighted by Gasteiger charge is 2.51. The summed E-state index contributed by atoms with van der Waals surface area (Å²) in [6.07, 6.45) is 3.75. The van der Waals surface area contributed by atoms with Gasteiger partial charge in [-0.05, 0) is 24.3 Å². The monoisotopic (exact) mass is 341 g/mol. The van der Waals surface area contributed by atoms with E-state index < -0.39 is 20.7 Å². The molecule has 8 nitrogen and oxygen atoms in total. The molecule has 1 aromatic heterocycles. The highest BCUT2D eigenvalue weighted by atomic mass is 32.2. The third-order valence-electron chi connectivity index (χ3n) is 2.00. The summed E-state index contributed by atoms with van der Waals surface area (Å²) in [6.45, 7) is -0.0258. The van der Waals surface area contributed by atoms with E-state index in [-0.39, 0.29) is 6.54 Å². The molecule has 0 fully saturated rings. The van der Waals surface area contributed by atoms with Gasteiger partial charge < -0.3 is 9.79 Å². The molecule has 0 amide bonds. The van der Waals surface area contributed by atoms with Crippen LogP contribution >= 0.6 is 27.3 Å². The van der Waals surface area contributed by atoms with E-state index in [1.54, 1.807) is 12.4 Å². The minimum atomic E-state index is -4.97. The summed E-state index contributed by atoms with van der Waals surface area (Å²) < 4.78 is 11.0. The largest absolute Gasteiger partial charge is 0.469 e. The average Bonchev–Trinajstić information content (AvgIpc) is 2.31. The highest BCUT2D eigenvalue weighted by molar-refractivity contribution is 8.00. The topological polar surface area (TPSA) is 143 Å². The second-order valence-corrected chi connectivity index (χ2v) is 8.27. The predicted octanol–water partition coefficient (Wildman–Crippen LogP) is 0.837. The molecule has 112 valence electrons. The molecule has 0 aliphatic carbocycles. The third-order valence-corrected chi connectivity index (χ3v) is 6.03. The Kier molecular flexibility index (Phi) is 6.71. The van der Waals surface area contributed by atoms with Crippen molar-refractivity contribution in [1.29, 1.82) is 0 Å². The zero-order chi connectivity index (χ0) is 15.2. The maximum absolute atomic E-state index is 11.0. The van der Waals surface area contributed by atoms with Crippen molar-refractivity contribution in [2.24, 2.45) is 4.99 Å². The fourth-order valence-corrected chi connectivity index (χ4v) is 4.03. The van der Waals surface area contributed by atoms with Gasteiger partial charge in [0.1, 0.15) is 0 Å². The molecule has 20 heavy (non-hydrogen) atoms. The summed E-state index contributed by atoms with van der Waals surface area (Å²) in [5, 5.41) is -1.24. The van der Waals surface area contributed by atoms with Crippen LogP contribution in [0.3, 0.4) is 0 Å². The molecule has 0 saturated carbocycles. The van der Waals surface area contributed by atoms with Crippen LogP contribution in [0.2, 0.25) is 0 Å². The van der Waals surface area contributed by atoms with Gasteiger partial charge in [0.2, 0.25) is 0 Å². The lowest BCUT2D eigenvalue weighted by molar-refractivity contribution is 0.348. The molecular formula is C9H15N2O6P2S+. The Labute approximate surface area is 120 Å². The third kappa shape index (κ3) is 6.39. The normalized spacial score (nSPS) is 13.6. The fourth-order valence-electron chi connectivity index (χ4n) is 1.23. The molecule has 0 saturated heterocycles. The van der Waals surface area contributed by atoms with Crippen LogP contribution in [0.1, 0.15) is 6.42 Å². The Morgan fingerprint density at radius 2 is 1.90 bits per heavy atom. The van der Waals surface area contributed by atoms with Gasteiger partial charge >= 0.3 is 20.7 Å². The smallest absolute Gasteiger partial charge is 0.317 e. The number of hydrogen-bond acceptors (Lipinski definition) is 7. The number of nitrogens with zero attached hydrogens (tertiary/aromatic N) is 2. The van der Waals surface area contributed by atoms with E-state index in [9.17, 15) is 4.57 Å². The van der Waals surface area contributed by atoms with Crippen molar-refractivity contribution in [1.82, 2.24) is 4.98 Å². The molecule has 0 spiro atoms. The fraction of sp³-hybridized carbons (Fsp3) is 0.333. The summed E-state index contributed by atoms with van der Waals surface area (Å²) in [5.74, 6) is 0.621. The second kappa shape index (κ2) is 7.59. The molecule has 0 aliphatic rings. The first-order valence-electron chi connectivity index (χ1n) is 5.42. The van der Waals surface area contributed by atoms with Gasteiger partial charge in [0.15, 0.2) is 0 Å². The quantitative estimate of drug-likeness (QED) is 0.212. The lowest BCUT2D eigenvalue weighted by Crippen LogP contribution is -2.07. The number of rotatable bonds is 7. The Bertz CT molecular complexity index is 501. The first-order valence-corrected chi connectivity index (χ1v) is 9.67. The van der Waals surface area contributed by atoms with Gasteiger partial charge in [-0.2, -0.15) is 14.7 Å². The lowest BCUT2D eigenvalue weighted by Gasteiger charge is -2.07. The van der Waals surface area contributed by atoms with Crippen LogP contribution in [0.4, 0.5) is 0 Å². The van der Waals surface area contributed by atoms with E-state index in [0.29, 0.717) is 12.2 Å². The molecule has 0 atom stereocenters. The lowest BCUT2D eigenvalue weighted by atomic mass is 10.5. The van der Waals surface area contributed by atoms with Crippen LogP contribution < -0.4 is 0 Å². The number of aliphatic imine (C=N–C) groups is 1. The zero-order valence-corrected chi connectivity index (χ0v) is 12.9. The van der Waals surface area contributed by atoms with Crippen molar-refractivity contribution < 1.29 is 29.0 Å². The summed E-state index contributed by atoms with van der Waals surface area (Å²) >= 11 is 1.51. The molecule has 11 heteroatoms. The Morgan fingerprint density at radius 3 is 2.40 bits per heavy atom. The van der Waals surface area contributed by atoms with Gasteiger partial charge in [-0.15, -0.1) is 11.8 Å². The molecular weight excluding hydrogens is 326 g/mol. The number of aromatic nitrogens is 1. The van der Waals surface area contributed by atoms with E-state index >= 15 is 0 Å². The maximum Gasteiger partial charge on any atom is 0.469 e. The molecule has 5 N–H and O–H groups in total. The van der Waals surface area contributed by atoms with Crippen molar-refractivity contribution in [3.8, 4) is 0 Å². The first kappa shape index (κ1) is 17.7. The molecule has 0 unspecified atom stereocenters. The molecule has 0 bridgehead atoms. The SMILES string of the molecule is O=P(O)(O)C(=NCCCSc1ccncc1)[P+](O)(O)O. The van der Waals surface area contributed by atoms with Crippen LogP contribution in [0, 0.1) is 0 Å². The van der Waals surface area contributed by atoms with Gasteiger partial charge in [-0.25, -0.2) is 9.56 Å². The molecule has 0 aromatic carbocycles. The molecule has 0 radical (unpaired) electrons. The van der Waals surface area contributed by atoms with E-state index in [4.69, 9.17) is 24.5 Å². The van der Waals surface area contributed by atoms with E-state index in [2.05, 4.69) is 9.98 Å². The first-order chi connectivity index (χ1) is 9.21. The molecule has 1 heterocycles. The van der Waals surface area contributed by atoms with E-state index in [0.717, 1.165) is 4.90 Å². The minimum absolute atomic E-state index is 0.0258. The summed E-state index contributed by atoms with van der Waals surface area (Å²) in [7, 11) is -9.75. The predicted molar refractivity (Wildman–Crippen MR) is 77.5 cm³/mol. The van der Waals surface area contributed by atoms with Gasteiger partial charge in [-0.1, -0.05) is 0 Å². The van der Waals surface area contributed by atoms with Crippen molar-refractivity contribution in [3.63, 3.8) is 0 Å². The second-order valence-electron chi connectivity index (χ2n) is 3.68. The Hall–Kier alpha value is -0.370. The molecule has 1 rings (SSSR count). The molecule has 1 aromatic rings. The van der Waals surface area contributed by atoms with Crippen molar-refractivity contribution >= 4 is 32.5 Å². The highest BCUT2D eigenvalue weighted by Crippen LogP contribution is 2.60. The number of hydrogen-bond donors (Lipinski definition) is 5. The van der Waals surface area contributed by atoms with Gasteiger partial charge in [-0.3, -0.25) is 4.98 Å². The summed E-state index contributed by atoms with van der Waals surface area (Å²) in [5.41, 5.74) is 0. The van der Waals surface area contributed by atoms with Crippen molar-refractivity contribution in [3.05, 3.63) is 24.5 Å². The van der Waals surface area contributed by atoms with Gasteiger partial charge in [0.25, 0.3) is 0 Å². The van der Waals surface area contributed by atoms with Crippen LogP contribution in [0.25, 0.3) is 0 Å². The van der Waals surface area contributed by atoms with E-state index in [1.807, 2.05) is 12.1 Å².